The quantitative estimate of drug-likeness (QED) is 0.445. The van der Waals surface area contributed by atoms with Crippen LogP contribution in [0.1, 0.15) is 11.4 Å². The molecule has 0 saturated carbocycles. The topological polar surface area (TPSA) is 67.2 Å². The molecule has 1 aliphatic rings. The van der Waals surface area contributed by atoms with Gasteiger partial charge < -0.3 is 4.90 Å². The van der Waals surface area contributed by atoms with E-state index in [0.29, 0.717) is 37.6 Å². The fraction of sp³-hybridized carbons (Fsp3) is 0.231. The predicted molar refractivity (Wildman–Crippen MR) is 127 cm³/mol. The summed E-state index contributed by atoms with van der Waals surface area (Å²) in [4.78, 5) is 17.0. The largest absolute Gasteiger partial charge is 0.340 e. The highest BCUT2D eigenvalue weighted by Crippen LogP contribution is 2.20. The van der Waals surface area contributed by atoms with Gasteiger partial charge in [-0.25, -0.2) is 4.39 Å². The number of benzene rings is 3. The second kappa shape index (κ2) is 9.93. The Bertz CT molecular complexity index is 1230. The Morgan fingerprint density at radius 2 is 1.50 bits per heavy atom. The number of hydrogen-bond acceptors (Lipinski definition) is 5. The molecule has 1 saturated heterocycles. The van der Waals surface area contributed by atoms with Crippen molar-refractivity contribution in [1.29, 1.82) is 0 Å². The molecule has 5 rings (SSSR count). The number of aromatic nitrogens is 4. The van der Waals surface area contributed by atoms with E-state index in [4.69, 9.17) is 0 Å². The first-order valence-electron chi connectivity index (χ1n) is 11.3. The Kier molecular flexibility index (Phi) is 6.40. The van der Waals surface area contributed by atoms with Crippen LogP contribution in [0.5, 0.6) is 0 Å². The van der Waals surface area contributed by atoms with E-state index in [9.17, 15) is 9.18 Å². The van der Waals surface area contributed by atoms with Crippen molar-refractivity contribution in [3.8, 4) is 16.8 Å². The third-order valence-corrected chi connectivity index (χ3v) is 6.11. The summed E-state index contributed by atoms with van der Waals surface area (Å²) in [5.41, 5.74) is 4.05. The molecule has 172 valence electrons. The predicted octanol–water partition coefficient (Wildman–Crippen LogP) is 3.36. The zero-order chi connectivity index (χ0) is 23.3. The number of carbonyl (C=O) groups is 1. The first kappa shape index (κ1) is 21.9. The van der Waals surface area contributed by atoms with Gasteiger partial charge in [0.05, 0.1) is 18.7 Å². The normalized spacial score (nSPS) is 14.3. The molecular formula is C26H25FN6O. The van der Waals surface area contributed by atoms with Crippen LogP contribution in [-0.4, -0.2) is 62.1 Å². The Morgan fingerprint density at radius 3 is 2.21 bits per heavy atom. The van der Waals surface area contributed by atoms with Crippen molar-refractivity contribution in [1.82, 2.24) is 30.0 Å². The number of nitrogens with zero attached hydrogens (tertiary/aromatic N) is 6. The third-order valence-electron chi connectivity index (χ3n) is 6.11. The highest BCUT2D eigenvalue weighted by molar-refractivity contribution is 5.79. The molecule has 1 aromatic heterocycles. The lowest BCUT2D eigenvalue weighted by Gasteiger charge is -2.34. The van der Waals surface area contributed by atoms with Crippen LogP contribution in [0.2, 0.25) is 0 Å². The fourth-order valence-electron chi connectivity index (χ4n) is 4.17. The molecule has 3 aromatic carbocycles. The minimum absolute atomic E-state index is 0.142. The van der Waals surface area contributed by atoms with Gasteiger partial charge in [0.2, 0.25) is 5.91 Å². The second-order valence-corrected chi connectivity index (χ2v) is 8.38. The minimum Gasteiger partial charge on any atom is -0.340 e. The molecule has 8 heteroatoms. The molecule has 0 unspecified atom stereocenters. The molecule has 1 fully saturated rings. The van der Waals surface area contributed by atoms with Gasteiger partial charge in [-0.1, -0.05) is 54.6 Å². The highest BCUT2D eigenvalue weighted by Gasteiger charge is 2.23. The molecule has 34 heavy (non-hydrogen) atoms. The minimum atomic E-state index is -0.300. The lowest BCUT2D eigenvalue weighted by Crippen LogP contribution is -2.48. The molecule has 0 spiro atoms. The third kappa shape index (κ3) is 5.02. The van der Waals surface area contributed by atoms with Gasteiger partial charge in [0.1, 0.15) is 5.82 Å². The summed E-state index contributed by atoms with van der Waals surface area (Å²) in [5.74, 6) is 0.527. The Labute approximate surface area is 197 Å². The molecule has 2 heterocycles. The summed E-state index contributed by atoms with van der Waals surface area (Å²) in [6, 6.07) is 24.5. The number of rotatable bonds is 6. The molecule has 0 bridgehead atoms. The Hall–Kier alpha value is -3.91. The standard InChI is InChI=1S/C26H25FN6O/c27-23-10-12-24(13-11-23)33-25(28-29-30-33)19-31-14-16-32(17-15-31)26(34)18-20-6-8-22(9-7-20)21-4-2-1-3-5-21/h1-13H,14-19H2. The maximum Gasteiger partial charge on any atom is 0.227 e. The average Bonchev–Trinajstić information content (AvgIpc) is 3.34. The van der Waals surface area contributed by atoms with Crippen LogP contribution in [0.4, 0.5) is 4.39 Å². The van der Waals surface area contributed by atoms with Gasteiger partial charge in [0, 0.05) is 26.2 Å². The maximum atomic E-state index is 13.2. The molecule has 4 aromatic rings. The summed E-state index contributed by atoms with van der Waals surface area (Å²) < 4.78 is 14.8. The summed E-state index contributed by atoms with van der Waals surface area (Å²) in [6.07, 6.45) is 0.401. The fourth-order valence-corrected chi connectivity index (χ4v) is 4.17. The van der Waals surface area contributed by atoms with E-state index in [2.05, 4.69) is 44.7 Å². The summed E-state index contributed by atoms with van der Waals surface area (Å²) >= 11 is 0. The van der Waals surface area contributed by atoms with Crippen LogP contribution in [-0.2, 0) is 17.8 Å². The Morgan fingerprint density at radius 1 is 0.824 bits per heavy atom. The number of piperazine rings is 1. The van der Waals surface area contributed by atoms with Crippen molar-refractivity contribution >= 4 is 5.91 Å². The van der Waals surface area contributed by atoms with E-state index in [-0.39, 0.29) is 11.7 Å². The molecule has 1 aliphatic heterocycles. The summed E-state index contributed by atoms with van der Waals surface area (Å²) in [5, 5.41) is 12.0. The van der Waals surface area contributed by atoms with E-state index in [1.54, 1.807) is 16.8 Å². The van der Waals surface area contributed by atoms with Crippen molar-refractivity contribution < 1.29 is 9.18 Å². The molecule has 0 N–H and O–H groups in total. The zero-order valence-corrected chi connectivity index (χ0v) is 18.7. The smallest absolute Gasteiger partial charge is 0.227 e. The number of halogens is 1. The van der Waals surface area contributed by atoms with E-state index in [0.717, 1.165) is 24.2 Å². The lowest BCUT2D eigenvalue weighted by molar-refractivity contribution is -0.132. The van der Waals surface area contributed by atoms with E-state index >= 15 is 0 Å². The van der Waals surface area contributed by atoms with Crippen LogP contribution in [0.15, 0.2) is 78.9 Å². The summed E-state index contributed by atoms with van der Waals surface area (Å²) in [7, 11) is 0. The van der Waals surface area contributed by atoms with Gasteiger partial charge in [-0.05, 0) is 51.4 Å². The first-order chi connectivity index (χ1) is 16.7. The monoisotopic (exact) mass is 456 g/mol. The van der Waals surface area contributed by atoms with Crippen LogP contribution < -0.4 is 0 Å². The number of hydrogen-bond donors (Lipinski definition) is 0. The van der Waals surface area contributed by atoms with Gasteiger partial charge >= 0.3 is 0 Å². The van der Waals surface area contributed by atoms with Gasteiger partial charge in [0.15, 0.2) is 5.82 Å². The lowest BCUT2D eigenvalue weighted by atomic mass is 10.0. The van der Waals surface area contributed by atoms with Gasteiger partial charge in [-0.3, -0.25) is 9.69 Å². The average molecular weight is 457 g/mol. The zero-order valence-electron chi connectivity index (χ0n) is 18.7. The Balaban J connectivity index is 1.14. The van der Waals surface area contributed by atoms with Crippen LogP contribution >= 0.6 is 0 Å². The SMILES string of the molecule is O=C(Cc1ccc(-c2ccccc2)cc1)N1CCN(Cc2nnnn2-c2ccc(F)cc2)CC1. The molecule has 0 aliphatic carbocycles. The second-order valence-electron chi connectivity index (χ2n) is 8.38. The number of tetrazole rings is 1. The van der Waals surface area contributed by atoms with E-state index in [1.807, 2.05) is 35.2 Å². The first-order valence-corrected chi connectivity index (χ1v) is 11.3. The van der Waals surface area contributed by atoms with E-state index in [1.165, 1.54) is 17.7 Å². The van der Waals surface area contributed by atoms with Crippen molar-refractivity contribution in [2.45, 2.75) is 13.0 Å². The maximum absolute atomic E-state index is 13.2. The molecule has 0 atom stereocenters. The van der Waals surface area contributed by atoms with Crippen molar-refractivity contribution in [3.63, 3.8) is 0 Å². The highest BCUT2D eigenvalue weighted by atomic mass is 19.1. The van der Waals surface area contributed by atoms with Crippen LogP contribution in [0, 0.1) is 5.82 Å². The number of amides is 1. The van der Waals surface area contributed by atoms with Crippen molar-refractivity contribution in [2.75, 3.05) is 26.2 Å². The van der Waals surface area contributed by atoms with Gasteiger partial charge in [-0.15, -0.1) is 5.10 Å². The molecular weight excluding hydrogens is 431 g/mol. The molecule has 0 radical (unpaired) electrons. The van der Waals surface area contributed by atoms with E-state index < -0.39 is 0 Å². The van der Waals surface area contributed by atoms with Crippen molar-refractivity contribution in [3.05, 3.63) is 96.1 Å². The molecule has 1 amide bonds. The number of carbonyl (C=O) groups excluding carboxylic acids is 1. The van der Waals surface area contributed by atoms with Crippen LogP contribution in [0.25, 0.3) is 16.8 Å². The molecule has 7 nitrogen and oxygen atoms in total. The van der Waals surface area contributed by atoms with Crippen molar-refractivity contribution in [2.24, 2.45) is 0 Å². The summed E-state index contributed by atoms with van der Waals surface area (Å²) in [6.45, 7) is 3.38. The van der Waals surface area contributed by atoms with Gasteiger partial charge in [-0.2, -0.15) is 4.68 Å². The van der Waals surface area contributed by atoms with Gasteiger partial charge in [0.25, 0.3) is 0 Å². The van der Waals surface area contributed by atoms with Crippen LogP contribution in [0.3, 0.4) is 0 Å².